The monoisotopic (exact) mass is 441 g/mol. The average Bonchev–Trinajstić information content (AvgIpc) is 2.60. The van der Waals surface area contributed by atoms with E-state index in [-0.39, 0.29) is 40.6 Å². The number of carbonyl (C=O) groups excluding carboxylic acids is 1. The average molecular weight is 442 g/mol. The first-order valence-electron chi connectivity index (χ1n) is 8.95. The number of carboxylic acid groups (broad SMARTS) is 1. The number of alkyl halides is 1. The molecule has 0 saturated heterocycles. The summed E-state index contributed by atoms with van der Waals surface area (Å²) in [5.74, 6) is -1.55. The third-order valence-corrected chi connectivity index (χ3v) is 4.61. The van der Waals surface area contributed by atoms with Crippen molar-refractivity contribution >= 4 is 40.8 Å². The number of rotatable bonds is 8. The molecule has 0 saturated carbocycles. The molecule has 0 spiro atoms. The topological polar surface area (TPSA) is 75.6 Å². The summed E-state index contributed by atoms with van der Waals surface area (Å²) in [5, 5.41) is 11.8. The highest BCUT2D eigenvalue weighted by molar-refractivity contribution is 6.37. The lowest BCUT2D eigenvalue weighted by atomic mass is 10.1. The Bertz CT molecular complexity index is 895. The molecule has 0 bridgehead atoms. The molecule has 1 amide bonds. The summed E-state index contributed by atoms with van der Waals surface area (Å²) in [5.41, 5.74) is 2.77. The van der Waals surface area contributed by atoms with Gasteiger partial charge >= 0.3 is 5.97 Å². The fourth-order valence-corrected chi connectivity index (χ4v) is 3.26. The summed E-state index contributed by atoms with van der Waals surface area (Å²) in [6.45, 7) is 5.67. The molecule has 2 aromatic rings. The van der Waals surface area contributed by atoms with Gasteiger partial charge in [-0.1, -0.05) is 43.1 Å². The van der Waals surface area contributed by atoms with E-state index in [4.69, 9.17) is 33.0 Å². The van der Waals surface area contributed by atoms with E-state index >= 15 is 0 Å². The molecule has 2 aromatic carbocycles. The van der Waals surface area contributed by atoms with Gasteiger partial charge < -0.3 is 15.2 Å². The predicted molar refractivity (Wildman–Crippen MR) is 112 cm³/mol. The van der Waals surface area contributed by atoms with E-state index in [0.717, 1.165) is 11.1 Å². The minimum absolute atomic E-state index is 0.0864. The number of hydrogen-bond acceptors (Lipinski definition) is 3. The lowest BCUT2D eigenvalue weighted by Crippen LogP contribution is -2.18. The Morgan fingerprint density at radius 3 is 2.28 bits per heavy atom. The van der Waals surface area contributed by atoms with Gasteiger partial charge in [0.05, 0.1) is 10.0 Å². The first-order valence-corrected chi connectivity index (χ1v) is 9.71. The number of hydrogen-bond donors (Lipinski definition) is 2. The summed E-state index contributed by atoms with van der Waals surface area (Å²) in [7, 11) is 0. The summed E-state index contributed by atoms with van der Waals surface area (Å²) in [6.07, 6.45) is -2.38. The number of carboxylic acids is 1. The quantitative estimate of drug-likeness (QED) is 0.571. The standard InChI is InChI=1S/C21H22Cl2FNO4/c1-11(2)20(26)25-15-5-12(3)4-14(6-15)10-29-19-16(22)7-13(8-17(19)23)9-18(24)21(27)28/h4-8,11,18H,9-10H2,1-3H3,(H,25,26)(H,27,28). The van der Waals surface area contributed by atoms with Crippen molar-refractivity contribution in [3.8, 4) is 5.75 Å². The lowest BCUT2D eigenvalue weighted by molar-refractivity contribution is -0.142. The second-order valence-corrected chi connectivity index (χ2v) is 7.85. The zero-order chi connectivity index (χ0) is 21.7. The van der Waals surface area contributed by atoms with Crippen LogP contribution in [0.25, 0.3) is 0 Å². The van der Waals surface area contributed by atoms with Crippen molar-refractivity contribution in [1.82, 2.24) is 0 Å². The minimum Gasteiger partial charge on any atom is -0.486 e. The molecule has 0 fully saturated rings. The van der Waals surface area contributed by atoms with Crippen molar-refractivity contribution in [3.63, 3.8) is 0 Å². The molecule has 2 rings (SSSR count). The molecule has 5 nitrogen and oxygen atoms in total. The number of aryl methyl sites for hydroxylation is 1. The number of ether oxygens (including phenoxy) is 1. The second-order valence-electron chi connectivity index (χ2n) is 7.04. The van der Waals surface area contributed by atoms with Crippen LogP contribution in [-0.4, -0.2) is 23.2 Å². The SMILES string of the molecule is Cc1cc(COc2c(Cl)cc(CC(F)C(=O)O)cc2Cl)cc(NC(=O)C(C)C)c1. The van der Waals surface area contributed by atoms with Crippen molar-refractivity contribution in [2.75, 3.05) is 5.32 Å². The summed E-state index contributed by atoms with van der Waals surface area (Å²) < 4.78 is 19.2. The number of benzene rings is 2. The number of carbonyl (C=O) groups is 2. The lowest BCUT2D eigenvalue weighted by Gasteiger charge is -2.14. The normalized spacial score (nSPS) is 12.0. The molecule has 0 aliphatic rings. The van der Waals surface area contributed by atoms with Gasteiger partial charge in [0.25, 0.3) is 0 Å². The van der Waals surface area contributed by atoms with Crippen molar-refractivity contribution in [3.05, 3.63) is 57.1 Å². The molecule has 1 atom stereocenters. The van der Waals surface area contributed by atoms with E-state index < -0.39 is 12.1 Å². The van der Waals surface area contributed by atoms with Crippen LogP contribution >= 0.6 is 23.2 Å². The van der Waals surface area contributed by atoms with E-state index in [9.17, 15) is 14.0 Å². The summed E-state index contributed by atoms with van der Waals surface area (Å²) in [4.78, 5) is 22.6. The van der Waals surface area contributed by atoms with Crippen LogP contribution in [0.3, 0.4) is 0 Å². The molecular formula is C21H22Cl2FNO4. The molecule has 156 valence electrons. The van der Waals surface area contributed by atoms with Gasteiger partial charge in [-0.25, -0.2) is 9.18 Å². The highest BCUT2D eigenvalue weighted by atomic mass is 35.5. The maximum Gasteiger partial charge on any atom is 0.338 e. The smallest absolute Gasteiger partial charge is 0.338 e. The second kappa shape index (κ2) is 9.94. The number of amides is 1. The zero-order valence-corrected chi connectivity index (χ0v) is 17.8. The molecule has 1 unspecified atom stereocenters. The van der Waals surface area contributed by atoms with Crippen LogP contribution in [0.2, 0.25) is 10.0 Å². The Hall–Kier alpha value is -2.31. The minimum atomic E-state index is -2.04. The van der Waals surface area contributed by atoms with Crippen LogP contribution in [-0.2, 0) is 22.6 Å². The van der Waals surface area contributed by atoms with Gasteiger partial charge in [0, 0.05) is 18.0 Å². The third kappa shape index (κ3) is 6.61. The van der Waals surface area contributed by atoms with Crippen LogP contribution in [0, 0.1) is 12.8 Å². The molecule has 0 aliphatic heterocycles. The van der Waals surface area contributed by atoms with Crippen LogP contribution in [0.15, 0.2) is 30.3 Å². The van der Waals surface area contributed by atoms with Gasteiger partial charge in [-0.15, -0.1) is 0 Å². The van der Waals surface area contributed by atoms with E-state index in [1.165, 1.54) is 12.1 Å². The maximum absolute atomic E-state index is 13.4. The Morgan fingerprint density at radius 1 is 1.10 bits per heavy atom. The van der Waals surface area contributed by atoms with Crippen molar-refractivity contribution in [2.45, 2.75) is 40.0 Å². The molecule has 0 radical (unpaired) electrons. The highest BCUT2D eigenvalue weighted by Gasteiger charge is 2.19. The number of anilines is 1. The predicted octanol–water partition coefficient (Wildman–Crippen LogP) is 5.44. The van der Waals surface area contributed by atoms with E-state index in [1.54, 1.807) is 6.07 Å². The van der Waals surface area contributed by atoms with E-state index in [0.29, 0.717) is 11.3 Å². The Kier molecular flexibility index (Phi) is 7.88. The molecule has 0 aliphatic carbocycles. The summed E-state index contributed by atoms with van der Waals surface area (Å²) in [6, 6.07) is 8.42. The number of halogens is 3. The van der Waals surface area contributed by atoms with Gasteiger partial charge in [-0.05, 0) is 47.9 Å². The number of nitrogens with one attached hydrogen (secondary N) is 1. The van der Waals surface area contributed by atoms with Crippen molar-refractivity contribution in [2.24, 2.45) is 5.92 Å². The molecular weight excluding hydrogens is 420 g/mol. The van der Waals surface area contributed by atoms with E-state index in [2.05, 4.69) is 5.32 Å². The number of aliphatic carboxylic acids is 1. The largest absolute Gasteiger partial charge is 0.486 e. The molecule has 8 heteroatoms. The Balaban J connectivity index is 2.14. The van der Waals surface area contributed by atoms with E-state index in [1.807, 2.05) is 32.9 Å². The first kappa shape index (κ1) is 23.0. The third-order valence-electron chi connectivity index (χ3n) is 4.05. The zero-order valence-electron chi connectivity index (χ0n) is 16.3. The molecule has 0 heterocycles. The van der Waals surface area contributed by atoms with Crippen LogP contribution in [0.5, 0.6) is 5.75 Å². The van der Waals surface area contributed by atoms with Crippen LogP contribution in [0.4, 0.5) is 10.1 Å². The molecule has 0 aromatic heterocycles. The Labute approximate surface area is 178 Å². The maximum atomic E-state index is 13.4. The van der Waals surface area contributed by atoms with Gasteiger partial charge in [-0.3, -0.25) is 4.79 Å². The van der Waals surface area contributed by atoms with Gasteiger partial charge in [-0.2, -0.15) is 0 Å². The fourth-order valence-electron chi connectivity index (χ4n) is 2.62. The van der Waals surface area contributed by atoms with Gasteiger partial charge in [0.2, 0.25) is 12.1 Å². The van der Waals surface area contributed by atoms with Crippen LogP contribution in [0.1, 0.15) is 30.5 Å². The molecule has 2 N–H and O–H groups in total. The summed E-state index contributed by atoms with van der Waals surface area (Å²) >= 11 is 12.4. The van der Waals surface area contributed by atoms with Crippen LogP contribution < -0.4 is 10.1 Å². The fraction of sp³-hybridized carbons (Fsp3) is 0.333. The first-order chi connectivity index (χ1) is 13.6. The van der Waals surface area contributed by atoms with Gasteiger partial charge in [0.1, 0.15) is 6.61 Å². The van der Waals surface area contributed by atoms with Gasteiger partial charge in [0.15, 0.2) is 5.75 Å². The highest BCUT2D eigenvalue weighted by Crippen LogP contribution is 2.35. The molecule has 29 heavy (non-hydrogen) atoms. The Morgan fingerprint density at radius 2 is 1.72 bits per heavy atom. The van der Waals surface area contributed by atoms with Crippen molar-refractivity contribution < 1.29 is 23.8 Å². The van der Waals surface area contributed by atoms with Crippen molar-refractivity contribution in [1.29, 1.82) is 0 Å².